The molecule has 0 aliphatic rings. The van der Waals surface area contributed by atoms with Gasteiger partial charge in [0.1, 0.15) is 0 Å². The fourth-order valence-corrected chi connectivity index (χ4v) is 1.78. The van der Waals surface area contributed by atoms with E-state index in [4.69, 9.17) is 17.3 Å². The van der Waals surface area contributed by atoms with E-state index in [1.54, 1.807) is 6.07 Å². The first-order valence-corrected chi connectivity index (χ1v) is 5.56. The highest BCUT2D eigenvalue weighted by Gasteiger charge is 2.17. The Morgan fingerprint density at radius 1 is 1.57 bits per heavy atom. The molecule has 0 heterocycles. The van der Waals surface area contributed by atoms with Crippen molar-refractivity contribution in [2.24, 2.45) is 11.7 Å². The third-order valence-corrected chi connectivity index (χ3v) is 3.02. The lowest BCUT2D eigenvalue weighted by Gasteiger charge is -2.18. The lowest BCUT2D eigenvalue weighted by atomic mass is 9.98. The summed E-state index contributed by atoms with van der Waals surface area (Å²) in [6, 6.07) is 5.41. The second-order valence-electron chi connectivity index (χ2n) is 3.32. The summed E-state index contributed by atoms with van der Waals surface area (Å²) in [4.78, 5) is 0. The molecule has 0 aliphatic carbocycles. The van der Waals surface area contributed by atoms with Crippen molar-refractivity contribution in [3.8, 4) is 0 Å². The Morgan fingerprint density at radius 3 is 2.79 bits per heavy atom. The van der Waals surface area contributed by atoms with E-state index in [-0.39, 0.29) is 5.92 Å². The predicted octanol–water partition coefficient (Wildman–Crippen LogP) is 2.73. The number of aliphatic hydroxyl groups is 1. The number of hydrogen-bond donors (Lipinski definition) is 2. The number of hydrogen-bond acceptors (Lipinski definition) is 2. The fraction of sp³-hybridized carbons (Fsp3) is 0.400. The van der Waals surface area contributed by atoms with Gasteiger partial charge in [-0.2, -0.15) is 0 Å². The lowest BCUT2D eigenvalue weighted by molar-refractivity contribution is 0.122. The number of rotatable bonds is 3. The van der Waals surface area contributed by atoms with Crippen LogP contribution in [0.3, 0.4) is 0 Å². The van der Waals surface area contributed by atoms with Gasteiger partial charge in [-0.3, -0.25) is 0 Å². The molecule has 1 aromatic rings. The first kappa shape index (κ1) is 12.0. The Hall–Kier alpha value is -0.0900. The fourth-order valence-electron chi connectivity index (χ4n) is 1.18. The molecule has 14 heavy (non-hydrogen) atoms. The van der Waals surface area contributed by atoms with Gasteiger partial charge >= 0.3 is 0 Å². The minimum Gasteiger partial charge on any atom is -0.388 e. The normalized spacial score (nSPS) is 15.2. The summed E-state index contributed by atoms with van der Waals surface area (Å²) in [7, 11) is 0. The van der Waals surface area contributed by atoms with Crippen LogP contribution in [0.2, 0.25) is 5.02 Å². The van der Waals surface area contributed by atoms with Crippen LogP contribution in [-0.2, 0) is 0 Å². The van der Waals surface area contributed by atoms with Gasteiger partial charge in [-0.1, -0.05) is 34.5 Å². The smallest absolute Gasteiger partial charge is 0.0842 e. The maximum absolute atomic E-state index is 9.91. The van der Waals surface area contributed by atoms with E-state index in [1.165, 1.54) is 0 Å². The van der Waals surface area contributed by atoms with Crippen molar-refractivity contribution >= 4 is 27.5 Å². The van der Waals surface area contributed by atoms with Gasteiger partial charge in [-0.05, 0) is 30.7 Å². The third kappa shape index (κ3) is 2.70. The molecule has 1 aromatic carbocycles. The number of benzene rings is 1. The molecule has 0 saturated carbocycles. The Balaban J connectivity index is 2.99. The Morgan fingerprint density at radius 2 is 2.21 bits per heavy atom. The summed E-state index contributed by atoms with van der Waals surface area (Å²) in [5.74, 6) is 0.00167. The molecule has 0 aromatic heterocycles. The zero-order chi connectivity index (χ0) is 10.7. The standard InChI is InChI=1S/C10H13BrClNO/c1-6(5-13)10(14)8-4-7(11)2-3-9(8)12/h2-4,6,10,14H,5,13H2,1H3. The summed E-state index contributed by atoms with van der Waals surface area (Å²) in [5, 5.41) is 10.5. The molecule has 0 fully saturated rings. The highest BCUT2D eigenvalue weighted by atomic mass is 79.9. The molecule has 0 saturated heterocycles. The summed E-state index contributed by atoms with van der Waals surface area (Å²) >= 11 is 9.31. The number of halogens is 2. The van der Waals surface area contributed by atoms with E-state index >= 15 is 0 Å². The van der Waals surface area contributed by atoms with Crippen LogP contribution in [0.5, 0.6) is 0 Å². The molecule has 0 bridgehead atoms. The monoisotopic (exact) mass is 277 g/mol. The average Bonchev–Trinajstić information content (AvgIpc) is 2.19. The van der Waals surface area contributed by atoms with Crippen LogP contribution in [0.4, 0.5) is 0 Å². The van der Waals surface area contributed by atoms with Crippen LogP contribution < -0.4 is 5.73 Å². The van der Waals surface area contributed by atoms with Gasteiger partial charge in [0.15, 0.2) is 0 Å². The Labute approximate surface area is 97.2 Å². The molecular formula is C10H13BrClNO. The summed E-state index contributed by atoms with van der Waals surface area (Å²) in [6.45, 7) is 2.33. The van der Waals surface area contributed by atoms with E-state index in [2.05, 4.69) is 15.9 Å². The minimum atomic E-state index is -0.606. The largest absolute Gasteiger partial charge is 0.388 e. The molecule has 3 N–H and O–H groups in total. The molecule has 1 rings (SSSR count). The van der Waals surface area contributed by atoms with E-state index in [0.29, 0.717) is 11.6 Å². The molecule has 0 spiro atoms. The molecule has 2 nitrogen and oxygen atoms in total. The molecule has 2 atom stereocenters. The third-order valence-electron chi connectivity index (χ3n) is 2.19. The number of nitrogens with two attached hydrogens (primary N) is 1. The van der Waals surface area contributed by atoms with E-state index in [0.717, 1.165) is 10.0 Å². The molecular weight excluding hydrogens is 265 g/mol. The topological polar surface area (TPSA) is 46.2 Å². The molecule has 0 radical (unpaired) electrons. The van der Waals surface area contributed by atoms with Crippen LogP contribution in [0.25, 0.3) is 0 Å². The SMILES string of the molecule is CC(CN)C(O)c1cc(Br)ccc1Cl. The second-order valence-corrected chi connectivity index (χ2v) is 4.65. The summed E-state index contributed by atoms with van der Waals surface area (Å²) in [6.07, 6.45) is -0.606. The van der Waals surface area contributed by atoms with E-state index in [9.17, 15) is 5.11 Å². The zero-order valence-electron chi connectivity index (χ0n) is 7.87. The van der Waals surface area contributed by atoms with Crippen molar-refractivity contribution in [1.29, 1.82) is 0 Å². The van der Waals surface area contributed by atoms with Crippen LogP contribution in [0.1, 0.15) is 18.6 Å². The lowest BCUT2D eigenvalue weighted by Crippen LogP contribution is -2.19. The maximum atomic E-state index is 9.91. The Kier molecular flexibility index (Phi) is 4.38. The second kappa shape index (κ2) is 5.12. The molecule has 0 amide bonds. The summed E-state index contributed by atoms with van der Waals surface area (Å²) in [5.41, 5.74) is 6.20. The average molecular weight is 279 g/mol. The van der Waals surface area contributed by atoms with Crippen molar-refractivity contribution in [3.63, 3.8) is 0 Å². The Bertz CT molecular complexity index is 319. The molecule has 2 unspecified atom stereocenters. The van der Waals surface area contributed by atoms with E-state index < -0.39 is 6.10 Å². The van der Waals surface area contributed by atoms with Crippen molar-refractivity contribution < 1.29 is 5.11 Å². The van der Waals surface area contributed by atoms with Crippen LogP contribution >= 0.6 is 27.5 Å². The van der Waals surface area contributed by atoms with Crippen LogP contribution in [0, 0.1) is 5.92 Å². The van der Waals surface area contributed by atoms with Crippen molar-refractivity contribution in [3.05, 3.63) is 33.3 Å². The van der Waals surface area contributed by atoms with Gasteiger partial charge in [-0.25, -0.2) is 0 Å². The highest BCUT2D eigenvalue weighted by molar-refractivity contribution is 9.10. The summed E-state index contributed by atoms with van der Waals surface area (Å²) < 4.78 is 0.903. The van der Waals surface area contributed by atoms with Crippen LogP contribution in [-0.4, -0.2) is 11.7 Å². The van der Waals surface area contributed by atoms with E-state index in [1.807, 2.05) is 19.1 Å². The van der Waals surface area contributed by atoms with Gasteiger partial charge in [-0.15, -0.1) is 0 Å². The quantitative estimate of drug-likeness (QED) is 0.893. The van der Waals surface area contributed by atoms with Gasteiger partial charge in [0.05, 0.1) is 6.10 Å². The minimum absolute atomic E-state index is 0.00167. The van der Waals surface area contributed by atoms with Gasteiger partial charge in [0.25, 0.3) is 0 Å². The van der Waals surface area contributed by atoms with Crippen molar-refractivity contribution in [2.75, 3.05) is 6.54 Å². The van der Waals surface area contributed by atoms with Crippen LogP contribution in [0.15, 0.2) is 22.7 Å². The van der Waals surface area contributed by atoms with Gasteiger partial charge in [0.2, 0.25) is 0 Å². The van der Waals surface area contributed by atoms with Gasteiger partial charge in [0, 0.05) is 15.1 Å². The maximum Gasteiger partial charge on any atom is 0.0842 e. The molecule has 78 valence electrons. The molecule has 0 aliphatic heterocycles. The van der Waals surface area contributed by atoms with Gasteiger partial charge < -0.3 is 10.8 Å². The predicted molar refractivity (Wildman–Crippen MR) is 62.3 cm³/mol. The first-order valence-electron chi connectivity index (χ1n) is 4.39. The van der Waals surface area contributed by atoms with Crippen molar-refractivity contribution in [2.45, 2.75) is 13.0 Å². The van der Waals surface area contributed by atoms with Crippen molar-refractivity contribution in [1.82, 2.24) is 0 Å². The molecule has 4 heteroatoms. The zero-order valence-corrected chi connectivity index (χ0v) is 10.2. The first-order chi connectivity index (χ1) is 6.56. The highest BCUT2D eigenvalue weighted by Crippen LogP contribution is 2.30. The number of aliphatic hydroxyl groups excluding tert-OH is 1.